The van der Waals surface area contributed by atoms with Crippen molar-refractivity contribution in [1.29, 1.82) is 0 Å². The fourth-order valence-electron chi connectivity index (χ4n) is 6.66. The Hall–Kier alpha value is -2.97. The molecule has 40 heavy (non-hydrogen) atoms. The van der Waals surface area contributed by atoms with Crippen LogP contribution in [0.15, 0.2) is 60.7 Å². The number of hydrogen-bond donors (Lipinski definition) is 1. The molecule has 1 saturated heterocycles. The van der Waals surface area contributed by atoms with Crippen molar-refractivity contribution < 1.29 is 4.57 Å². The Morgan fingerprint density at radius 2 is 0.925 bits per heavy atom. The highest BCUT2D eigenvalue weighted by Crippen LogP contribution is 2.51. The normalized spacial score (nSPS) is 14.5. The van der Waals surface area contributed by atoms with E-state index in [2.05, 4.69) is 126 Å². The van der Waals surface area contributed by atoms with Crippen molar-refractivity contribution >= 4 is 17.9 Å². The maximum atomic E-state index is 15.8. The molecule has 208 valence electrons. The maximum absolute atomic E-state index is 15.8. The quantitative estimate of drug-likeness (QED) is 0.260. The minimum atomic E-state index is -3.11. The summed E-state index contributed by atoms with van der Waals surface area (Å²) in [6.45, 7) is 20.7. The van der Waals surface area contributed by atoms with Crippen LogP contribution in [0, 0.1) is 55.4 Å². The van der Waals surface area contributed by atoms with Crippen LogP contribution in [-0.2, 0) is 4.57 Å². The molecular weight excluding hydrogens is 507 g/mol. The van der Waals surface area contributed by atoms with Gasteiger partial charge in [0.2, 0.25) is 7.29 Å². The van der Waals surface area contributed by atoms with Crippen molar-refractivity contribution in [3.63, 3.8) is 0 Å². The summed E-state index contributed by atoms with van der Waals surface area (Å²) in [5, 5.41) is 5.42. The van der Waals surface area contributed by atoms with Gasteiger partial charge in [0.25, 0.3) is 0 Å². The zero-order valence-electron chi connectivity index (χ0n) is 25.4. The van der Waals surface area contributed by atoms with Gasteiger partial charge in [-0.3, -0.25) is 4.57 Å². The van der Waals surface area contributed by atoms with Gasteiger partial charge in [-0.05, 0) is 134 Å². The second kappa shape index (κ2) is 11.1. The summed E-state index contributed by atoms with van der Waals surface area (Å²) in [5.74, 6) is 0. The highest BCUT2D eigenvalue weighted by atomic mass is 31.2. The van der Waals surface area contributed by atoms with E-state index in [1.165, 1.54) is 55.6 Å². The first-order chi connectivity index (χ1) is 19.1. The standard InChI is InChI=1S/C36H43N2OP/c1-23-11-9-12-24(2)35(23)31-15-17-33(29(7)27(31)5)40(39,38-21-19-37-20-22-38)34-18-16-32(28(6)30(34)8)36-25(3)13-10-14-26(36)4/h9-18,37H,19-22H2,1-8H3. The number of nitrogens with one attached hydrogen (secondary N) is 1. The molecule has 4 heteroatoms. The summed E-state index contributed by atoms with van der Waals surface area (Å²) >= 11 is 0. The molecule has 5 rings (SSSR count). The Balaban J connectivity index is 1.73. The zero-order chi connectivity index (χ0) is 28.8. The molecular formula is C36H43N2OP. The van der Waals surface area contributed by atoms with Crippen LogP contribution < -0.4 is 15.9 Å². The molecule has 1 aliphatic heterocycles. The average molecular weight is 551 g/mol. The van der Waals surface area contributed by atoms with Gasteiger partial charge in [0.15, 0.2) is 0 Å². The zero-order valence-corrected chi connectivity index (χ0v) is 26.3. The van der Waals surface area contributed by atoms with Gasteiger partial charge < -0.3 is 5.32 Å². The van der Waals surface area contributed by atoms with Gasteiger partial charge >= 0.3 is 0 Å². The smallest absolute Gasteiger partial charge is 0.207 e. The molecule has 0 radical (unpaired) electrons. The third kappa shape index (κ3) is 4.69. The first-order valence-electron chi connectivity index (χ1n) is 14.5. The van der Waals surface area contributed by atoms with E-state index in [0.717, 1.165) is 47.9 Å². The van der Waals surface area contributed by atoms with Crippen LogP contribution in [0.2, 0.25) is 0 Å². The van der Waals surface area contributed by atoms with Crippen LogP contribution in [0.25, 0.3) is 22.3 Å². The Labute approximate surface area is 241 Å². The van der Waals surface area contributed by atoms with Gasteiger partial charge in [-0.2, -0.15) is 0 Å². The molecule has 1 heterocycles. The predicted octanol–water partition coefficient (Wildman–Crippen LogP) is 7.62. The molecule has 0 spiro atoms. The van der Waals surface area contributed by atoms with Crippen molar-refractivity contribution in [2.24, 2.45) is 0 Å². The molecule has 0 unspecified atom stereocenters. The van der Waals surface area contributed by atoms with Crippen LogP contribution >= 0.6 is 7.29 Å². The number of rotatable bonds is 5. The minimum Gasteiger partial charge on any atom is -0.314 e. The molecule has 3 nitrogen and oxygen atoms in total. The molecule has 0 atom stereocenters. The van der Waals surface area contributed by atoms with E-state index < -0.39 is 7.29 Å². The first-order valence-corrected chi connectivity index (χ1v) is 16.1. The van der Waals surface area contributed by atoms with Crippen LogP contribution in [0.1, 0.15) is 44.5 Å². The average Bonchev–Trinajstić information content (AvgIpc) is 2.93. The van der Waals surface area contributed by atoms with Crippen molar-refractivity contribution in [3.8, 4) is 22.3 Å². The van der Waals surface area contributed by atoms with E-state index >= 15 is 4.57 Å². The van der Waals surface area contributed by atoms with E-state index in [0.29, 0.717) is 0 Å². The number of benzene rings is 4. The minimum absolute atomic E-state index is 0.769. The largest absolute Gasteiger partial charge is 0.314 e. The molecule has 4 aromatic rings. The highest BCUT2D eigenvalue weighted by Gasteiger charge is 2.39. The topological polar surface area (TPSA) is 32.3 Å². The highest BCUT2D eigenvalue weighted by molar-refractivity contribution is 7.76. The number of piperazine rings is 1. The summed E-state index contributed by atoms with van der Waals surface area (Å²) in [5.41, 5.74) is 14.8. The molecule has 0 aliphatic carbocycles. The fourth-order valence-corrected chi connectivity index (χ4v) is 10.1. The molecule has 4 aromatic carbocycles. The lowest BCUT2D eigenvalue weighted by Crippen LogP contribution is -2.46. The Morgan fingerprint density at radius 1 is 0.550 bits per heavy atom. The summed E-state index contributed by atoms with van der Waals surface area (Å²) in [7, 11) is -3.11. The molecule has 0 bridgehead atoms. The van der Waals surface area contributed by atoms with Crippen LogP contribution in [0.4, 0.5) is 0 Å². The second-order valence-electron chi connectivity index (χ2n) is 11.6. The van der Waals surface area contributed by atoms with Crippen LogP contribution in [-0.4, -0.2) is 30.8 Å². The van der Waals surface area contributed by atoms with Crippen molar-refractivity contribution in [2.75, 3.05) is 26.2 Å². The van der Waals surface area contributed by atoms with Gasteiger partial charge in [-0.25, -0.2) is 4.67 Å². The lowest BCUT2D eigenvalue weighted by Gasteiger charge is -2.37. The Kier molecular flexibility index (Phi) is 7.94. The van der Waals surface area contributed by atoms with E-state index in [4.69, 9.17) is 0 Å². The number of nitrogens with zero attached hydrogens (tertiary/aromatic N) is 1. The van der Waals surface area contributed by atoms with Gasteiger partial charge in [0.05, 0.1) is 0 Å². The summed E-state index contributed by atoms with van der Waals surface area (Å²) in [6, 6.07) is 21.7. The molecule has 0 saturated carbocycles. The molecule has 1 fully saturated rings. The molecule has 1 N–H and O–H groups in total. The summed E-state index contributed by atoms with van der Waals surface area (Å²) in [6.07, 6.45) is 0. The van der Waals surface area contributed by atoms with Crippen LogP contribution in [0.3, 0.4) is 0 Å². The second-order valence-corrected chi connectivity index (χ2v) is 14.3. The monoisotopic (exact) mass is 550 g/mol. The molecule has 0 aromatic heterocycles. The number of hydrogen-bond acceptors (Lipinski definition) is 2. The molecule has 1 aliphatic rings. The lowest BCUT2D eigenvalue weighted by molar-refractivity contribution is 0.366. The van der Waals surface area contributed by atoms with Crippen molar-refractivity contribution in [1.82, 2.24) is 9.99 Å². The van der Waals surface area contributed by atoms with E-state index in [9.17, 15) is 0 Å². The maximum Gasteiger partial charge on any atom is 0.207 e. The lowest BCUT2D eigenvalue weighted by atomic mass is 9.91. The van der Waals surface area contributed by atoms with Gasteiger partial charge in [-0.1, -0.05) is 48.5 Å². The van der Waals surface area contributed by atoms with Gasteiger partial charge in [-0.15, -0.1) is 0 Å². The first kappa shape index (κ1) is 28.6. The van der Waals surface area contributed by atoms with Crippen molar-refractivity contribution in [2.45, 2.75) is 55.4 Å². The summed E-state index contributed by atoms with van der Waals surface area (Å²) in [4.78, 5) is 0. The molecule has 0 amide bonds. The van der Waals surface area contributed by atoms with Crippen LogP contribution in [0.5, 0.6) is 0 Å². The predicted molar refractivity (Wildman–Crippen MR) is 173 cm³/mol. The third-order valence-electron chi connectivity index (χ3n) is 9.16. The van der Waals surface area contributed by atoms with Crippen molar-refractivity contribution in [3.05, 3.63) is 105 Å². The Morgan fingerprint density at radius 3 is 1.30 bits per heavy atom. The van der Waals surface area contributed by atoms with E-state index in [1.807, 2.05) is 0 Å². The number of aryl methyl sites for hydroxylation is 4. The SMILES string of the molecule is Cc1cccc(C)c1-c1ccc(P(=O)(c2ccc(-c3c(C)cccc3C)c(C)c2C)N2CCNCC2)c(C)c1C. The van der Waals surface area contributed by atoms with E-state index in [1.54, 1.807) is 0 Å². The fraction of sp³-hybridized carbons (Fsp3) is 0.333. The van der Waals surface area contributed by atoms with E-state index in [-0.39, 0.29) is 0 Å². The van der Waals surface area contributed by atoms with Gasteiger partial charge in [0.1, 0.15) is 0 Å². The third-order valence-corrected chi connectivity index (χ3v) is 12.6. The Bertz CT molecular complexity index is 1490. The van der Waals surface area contributed by atoms with Gasteiger partial charge in [0, 0.05) is 36.8 Å². The summed E-state index contributed by atoms with van der Waals surface area (Å²) < 4.78 is 18.0.